The Morgan fingerprint density at radius 3 is 2.00 bits per heavy atom. The van der Waals surface area contributed by atoms with Gasteiger partial charge in [-0.15, -0.1) is 0 Å². The minimum atomic E-state index is -0.927. The predicted octanol–water partition coefficient (Wildman–Crippen LogP) is 3.35. The summed E-state index contributed by atoms with van der Waals surface area (Å²) in [6.07, 6.45) is 0. The zero-order valence-corrected chi connectivity index (χ0v) is 10.0. The van der Waals surface area contributed by atoms with Crippen LogP contribution in [0.1, 0.15) is 13.8 Å². The molecule has 4 heteroatoms. The van der Waals surface area contributed by atoms with E-state index >= 15 is 0 Å². The van der Waals surface area contributed by atoms with E-state index in [0.29, 0.717) is 13.2 Å². The normalized spacial score (nSPS) is 10.9. The third-order valence-corrected chi connectivity index (χ3v) is 3.49. The molecule has 0 aromatic heterocycles. The minimum absolute atomic E-state index is 0.661. The van der Waals surface area contributed by atoms with E-state index in [1.54, 1.807) is 0 Å². The van der Waals surface area contributed by atoms with E-state index in [9.17, 15) is 0 Å². The van der Waals surface area contributed by atoms with Gasteiger partial charge in [-0.2, -0.15) is 0 Å². The van der Waals surface area contributed by atoms with E-state index in [2.05, 4.69) is 0 Å². The van der Waals surface area contributed by atoms with Gasteiger partial charge in [0.25, 0.3) is 0 Å². The maximum atomic E-state index is 5.80. The van der Waals surface area contributed by atoms with Crippen molar-refractivity contribution in [3.8, 4) is 0 Å². The van der Waals surface area contributed by atoms with Crippen LogP contribution in [0.5, 0.6) is 0 Å². The molecule has 0 bridgehead atoms. The van der Waals surface area contributed by atoms with E-state index in [1.807, 2.05) is 38.1 Å². The lowest BCUT2D eigenvalue weighted by Gasteiger charge is -2.15. The first-order chi connectivity index (χ1) is 6.77. The summed E-state index contributed by atoms with van der Waals surface area (Å²) in [5, 5.41) is 1.80. The molecule has 0 aliphatic heterocycles. The second kappa shape index (κ2) is 6.36. The topological polar surface area (TPSA) is 18.5 Å². The average molecular weight is 233 g/mol. The van der Waals surface area contributed by atoms with Gasteiger partial charge in [-0.25, -0.2) is 0 Å². The van der Waals surface area contributed by atoms with Crippen LogP contribution in [0.4, 0.5) is 0 Å². The maximum absolute atomic E-state index is 5.80. The number of hydrogen-bond donors (Lipinski definition) is 0. The van der Waals surface area contributed by atoms with Crippen molar-refractivity contribution in [2.24, 2.45) is 0 Å². The molecular weight excluding hydrogens is 219 g/mol. The van der Waals surface area contributed by atoms with Crippen LogP contribution in [-0.4, -0.2) is 13.2 Å². The lowest BCUT2D eigenvalue weighted by molar-refractivity contribution is 0.277. The molecule has 14 heavy (non-hydrogen) atoms. The molecule has 0 fully saturated rings. The Kier molecular flexibility index (Phi) is 5.42. The Morgan fingerprint density at radius 1 is 1.07 bits per heavy atom. The molecule has 0 aliphatic carbocycles. The first-order valence-corrected chi connectivity index (χ1v) is 6.15. The third-order valence-electron chi connectivity index (χ3n) is 1.53. The second-order valence-electron chi connectivity index (χ2n) is 2.57. The van der Waals surface area contributed by atoms with Gasteiger partial charge in [-0.1, -0.05) is 11.6 Å². The molecule has 0 saturated carbocycles. The number of hydrogen-bond acceptors (Lipinski definition) is 2. The Morgan fingerprint density at radius 2 is 1.57 bits per heavy atom. The summed E-state index contributed by atoms with van der Waals surface area (Å²) in [4.78, 5) is 0. The highest BCUT2D eigenvalue weighted by atomic mass is 35.5. The van der Waals surface area contributed by atoms with Crippen LogP contribution in [0.25, 0.3) is 0 Å². The van der Waals surface area contributed by atoms with Crippen LogP contribution in [-0.2, 0) is 9.05 Å². The van der Waals surface area contributed by atoms with E-state index < -0.39 is 8.38 Å². The highest BCUT2D eigenvalue weighted by Crippen LogP contribution is 2.36. The van der Waals surface area contributed by atoms with Gasteiger partial charge >= 0.3 is 0 Å². The molecule has 0 amide bonds. The second-order valence-corrected chi connectivity index (χ2v) is 4.55. The smallest absolute Gasteiger partial charge is 0.205 e. The van der Waals surface area contributed by atoms with Gasteiger partial charge in [-0.3, -0.25) is 0 Å². The number of rotatable bonds is 5. The van der Waals surface area contributed by atoms with Gasteiger partial charge in [0.15, 0.2) is 0 Å². The Labute approximate surface area is 91.1 Å². The third kappa shape index (κ3) is 3.55. The van der Waals surface area contributed by atoms with Crippen molar-refractivity contribution in [1.29, 1.82) is 0 Å². The molecule has 0 unspecified atom stereocenters. The van der Waals surface area contributed by atoms with Crippen molar-refractivity contribution in [2.45, 2.75) is 13.8 Å². The highest BCUT2D eigenvalue weighted by Gasteiger charge is 2.11. The van der Waals surface area contributed by atoms with E-state index in [4.69, 9.17) is 20.6 Å². The molecule has 0 atom stereocenters. The van der Waals surface area contributed by atoms with Gasteiger partial charge < -0.3 is 9.05 Å². The summed E-state index contributed by atoms with van der Waals surface area (Å²) in [5.41, 5.74) is 0. The minimum Gasteiger partial charge on any atom is -0.331 e. The van der Waals surface area contributed by atoms with Gasteiger partial charge in [0, 0.05) is 10.3 Å². The van der Waals surface area contributed by atoms with Crippen molar-refractivity contribution < 1.29 is 9.05 Å². The van der Waals surface area contributed by atoms with E-state index in [1.165, 1.54) is 0 Å². The molecule has 1 aromatic carbocycles. The SMILES string of the molecule is CCOP(OCC)c1ccc(Cl)cc1. The van der Waals surface area contributed by atoms with Gasteiger partial charge in [0.05, 0.1) is 13.2 Å². The van der Waals surface area contributed by atoms with Crippen LogP contribution >= 0.6 is 20.0 Å². The van der Waals surface area contributed by atoms with E-state index in [0.717, 1.165) is 10.3 Å². The lowest BCUT2D eigenvalue weighted by atomic mass is 10.4. The average Bonchev–Trinajstić information content (AvgIpc) is 2.19. The summed E-state index contributed by atoms with van der Waals surface area (Å²) >= 11 is 5.80. The van der Waals surface area contributed by atoms with Crippen molar-refractivity contribution >= 4 is 25.3 Å². The fourth-order valence-corrected chi connectivity index (χ4v) is 2.34. The fourth-order valence-electron chi connectivity index (χ4n) is 0.984. The summed E-state index contributed by atoms with van der Waals surface area (Å²) < 4.78 is 11.0. The molecule has 0 spiro atoms. The van der Waals surface area contributed by atoms with Crippen LogP contribution < -0.4 is 5.30 Å². The zero-order chi connectivity index (χ0) is 10.4. The van der Waals surface area contributed by atoms with Crippen LogP contribution in [0.15, 0.2) is 24.3 Å². The largest absolute Gasteiger partial charge is 0.331 e. The standard InChI is InChI=1S/C10H14ClO2P/c1-3-12-14(13-4-2)10-7-5-9(11)6-8-10/h5-8H,3-4H2,1-2H3. The molecule has 2 nitrogen and oxygen atoms in total. The van der Waals surface area contributed by atoms with Crippen molar-refractivity contribution in [3.63, 3.8) is 0 Å². The molecule has 1 rings (SSSR count). The molecule has 1 aromatic rings. The lowest BCUT2D eigenvalue weighted by Crippen LogP contribution is -2.05. The maximum Gasteiger partial charge on any atom is 0.205 e. The van der Waals surface area contributed by atoms with Crippen LogP contribution in [0.3, 0.4) is 0 Å². The molecule has 0 aliphatic rings. The van der Waals surface area contributed by atoms with Crippen molar-refractivity contribution in [2.75, 3.05) is 13.2 Å². The van der Waals surface area contributed by atoms with Gasteiger partial charge in [0.1, 0.15) is 0 Å². The molecule has 0 radical (unpaired) electrons. The quantitative estimate of drug-likeness (QED) is 0.725. The zero-order valence-electron chi connectivity index (χ0n) is 8.37. The monoisotopic (exact) mass is 232 g/mol. The first-order valence-electron chi connectivity index (χ1n) is 4.59. The summed E-state index contributed by atoms with van der Waals surface area (Å²) in [6, 6.07) is 7.59. The molecular formula is C10H14ClO2P. The molecule has 0 heterocycles. The summed E-state index contributed by atoms with van der Waals surface area (Å²) in [5.74, 6) is 0. The Balaban J connectivity index is 2.71. The predicted molar refractivity (Wildman–Crippen MR) is 61.3 cm³/mol. The summed E-state index contributed by atoms with van der Waals surface area (Å²) in [7, 11) is -0.927. The molecule has 0 N–H and O–H groups in total. The highest BCUT2D eigenvalue weighted by molar-refractivity contribution is 7.56. The fraction of sp³-hybridized carbons (Fsp3) is 0.400. The molecule has 0 saturated heterocycles. The van der Waals surface area contributed by atoms with Gasteiger partial charge in [-0.05, 0) is 38.1 Å². The first kappa shape index (κ1) is 11.9. The summed E-state index contributed by atoms with van der Waals surface area (Å²) in [6.45, 7) is 5.25. The Bertz CT molecular complexity index is 257. The van der Waals surface area contributed by atoms with Crippen LogP contribution in [0.2, 0.25) is 5.02 Å². The number of benzene rings is 1. The molecule has 78 valence electrons. The van der Waals surface area contributed by atoms with Gasteiger partial charge in [0.2, 0.25) is 8.38 Å². The van der Waals surface area contributed by atoms with Crippen molar-refractivity contribution in [1.82, 2.24) is 0 Å². The van der Waals surface area contributed by atoms with E-state index in [-0.39, 0.29) is 0 Å². The Hall–Kier alpha value is -0.140. The van der Waals surface area contributed by atoms with Crippen molar-refractivity contribution in [3.05, 3.63) is 29.3 Å². The van der Waals surface area contributed by atoms with Crippen LogP contribution in [0, 0.1) is 0 Å². The number of halogens is 1.